The van der Waals surface area contributed by atoms with Gasteiger partial charge >= 0.3 is 0 Å². The van der Waals surface area contributed by atoms with Crippen LogP contribution in [0.5, 0.6) is 0 Å². The second-order valence-electron chi connectivity index (χ2n) is 6.39. The molecule has 0 atom stereocenters. The summed E-state index contributed by atoms with van der Waals surface area (Å²) in [4.78, 5) is 25.9. The predicted octanol–water partition coefficient (Wildman–Crippen LogP) is 2.25. The van der Waals surface area contributed by atoms with Gasteiger partial charge in [0.2, 0.25) is 0 Å². The van der Waals surface area contributed by atoms with Crippen LogP contribution in [0, 0.1) is 10.1 Å². The molecule has 3 rings (SSSR count). The molecule has 0 spiro atoms. The first-order chi connectivity index (χ1) is 12.9. The first kappa shape index (κ1) is 19.4. The minimum Gasteiger partial charge on any atom is -0.360 e. The van der Waals surface area contributed by atoms with E-state index in [9.17, 15) is 14.9 Å². The van der Waals surface area contributed by atoms with E-state index >= 15 is 0 Å². The topological polar surface area (TPSA) is 79.9 Å². The van der Waals surface area contributed by atoms with Gasteiger partial charge in [0.25, 0.3) is 11.6 Å². The highest BCUT2D eigenvalue weighted by molar-refractivity contribution is 6.35. The number of halogens is 2. The smallest absolute Gasteiger partial charge is 0.279 e. The maximum absolute atomic E-state index is 12.3. The van der Waals surface area contributed by atoms with Crippen molar-refractivity contribution in [1.82, 2.24) is 0 Å². The fourth-order valence-corrected chi connectivity index (χ4v) is 3.63. The molecule has 2 N–H and O–H groups in total. The standard InChI is InChI=1S/C18H18Cl2N4O3/c19-13-9-14(20)11-15(10-13)21-18(25)12-22-5-7-23(8-6-22)16-1-3-17(4-2-16)24(26)27/h1-4,9-11H,5-8,12H2,(H,21,25)/p+1. The molecule has 1 fully saturated rings. The number of nitrogens with zero attached hydrogens (tertiary/aromatic N) is 2. The lowest BCUT2D eigenvalue weighted by atomic mass is 10.2. The Bertz CT molecular complexity index is 817. The Kier molecular flexibility index (Phi) is 6.15. The molecule has 2 aromatic carbocycles. The van der Waals surface area contributed by atoms with Crippen LogP contribution in [0.15, 0.2) is 42.5 Å². The quantitative estimate of drug-likeness (QED) is 0.586. The van der Waals surface area contributed by atoms with E-state index in [0.717, 1.165) is 31.9 Å². The molecule has 1 aliphatic rings. The SMILES string of the molecule is O=C(C[NH+]1CCN(c2ccc([N+](=O)[O-])cc2)CC1)Nc1cc(Cl)cc(Cl)c1. The van der Waals surface area contributed by atoms with Crippen LogP contribution in [0.3, 0.4) is 0 Å². The van der Waals surface area contributed by atoms with Crippen molar-refractivity contribution in [3.63, 3.8) is 0 Å². The number of anilines is 2. The van der Waals surface area contributed by atoms with Gasteiger partial charge in [-0.15, -0.1) is 0 Å². The van der Waals surface area contributed by atoms with Crippen LogP contribution in [0.2, 0.25) is 10.0 Å². The Morgan fingerprint density at radius 3 is 2.26 bits per heavy atom. The van der Waals surface area contributed by atoms with E-state index in [2.05, 4.69) is 10.2 Å². The number of nitro benzene ring substituents is 1. The normalized spacial score (nSPS) is 14.8. The first-order valence-electron chi connectivity index (χ1n) is 8.49. The second kappa shape index (κ2) is 8.56. The minimum absolute atomic E-state index is 0.0841. The summed E-state index contributed by atoms with van der Waals surface area (Å²) < 4.78 is 0. The van der Waals surface area contributed by atoms with Crippen LogP contribution in [0.25, 0.3) is 0 Å². The highest BCUT2D eigenvalue weighted by Gasteiger charge is 2.23. The molecule has 0 aromatic heterocycles. The van der Waals surface area contributed by atoms with Crippen molar-refractivity contribution in [3.8, 4) is 0 Å². The summed E-state index contributed by atoms with van der Waals surface area (Å²) in [7, 11) is 0. The number of piperazine rings is 1. The zero-order chi connectivity index (χ0) is 19.4. The Balaban J connectivity index is 1.50. The van der Waals surface area contributed by atoms with Gasteiger partial charge in [0.05, 0.1) is 31.1 Å². The molecule has 1 aliphatic heterocycles. The third-order valence-corrected chi connectivity index (χ3v) is 4.89. The number of carbonyl (C=O) groups is 1. The van der Waals surface area contributed by atoms with Crippen LogP contribution in [0.1, 0.15) is 0 Å². The molecule has 7 nitrogen and oxygen atoms in total. The summed E-state index contributed by atoms with van der Waals surface area (Å²) in [6.45, 7) is 3.53. The molecule has 2 aromatic rings. The van der Waals surface area contributed by atoms with Crippen LogP contribution in [-0.2, 0) is 4.79 Å². The molecule has 1 saturated heterocycles. The number of nitro groups is 1. The summed E-state index contributed by atoms with van der Waals surface area (Å²) in [5.74, 6) is -0.0906. The van der Waals surface area contributed by atoms with Gasteiger partial charge in [-0.25, -0.2) is 0 Å². The van der Waals surface area contributed by atoms with Gasteiger partial charge < -0.3 is 15.1 Å². The van der Waals surface area contributed by atoms with E-state index in [4.69, 9.17) is 23.2 Å². The first-order valence-corrected chi connectivity index (χ1v) is 9.25. The van der Waals surface area contributed by atoms with Crippen molar-refractivity contribution in [2.45, 2.75) is 0 Å². The van der Waals surface area contributed by atoms with Crippen molar-refractivity contribution in [2.24, 2.45) is 0 Å². The number of rotatable bonds is 5. The van der Waals surface area contributed by atoms with Crippen molar-refractivity contribution in [3.05, 3.63) is 62.6 Å². The lowest BCUT2D eigenvalue weighted by Crippen LogP contribution is -3.15. The van der Waals surface area contributed by atoms with Gasteiger partial charge in [0.15, 0.2) is 6.54 Å². The Morgan fingerprint density at radius 2 is 1.70 bits per heavy atom. The van der Waals surface area contributed by atoms with Gasteiger partial charge in [-0.1, -0.05) is 23.2 Å². The fraction of sp³-hybridized carbons (Fsp3) is 0.278. The third kappa shape index (κ3) is 5.32. The van der Waals surface area contributed by atoms with Crippen molar-refractivity contribution >= 4 is 46.2 Å². The summed E-state index contributed by atoms with van der Waals surface area (Å²) in [5.41, 5.74) is 1.62. The van der Waals surface area contributed by atoms with E-state index in [0.29, 0.717) is 22.3 Å². The van der Waals surface area contributed by atoms with E-state index in [1.807, 2.05) is 0 Å². The van der Waals surface area contributed by atoms with E-state index in [-0.39, 0.29) is 11.6 Å². The molecular weight excluding hydrogens is 391 g/mol. The van der Waals surface area contributed by atoms with Crippen molar-refractivity contribution in [2.75, 3.05) is 42.9 Å². The molecule has 0 saturated carbocycles. The summed E-state index contributed by atoms with van der Waals surface area (Å²) >= 11 is 11.9. The minimum atomic E-state index is -0.405. The summed E-state index contributed by atoms with van der Waals surface area (Å²) in [6, 6.07) is 11.5. The van der Waals surface area contributed by atoms with Gasteiger partial charge in [0, 0.05) is 33.6 Å². The molecule has 27 heavy (non-hydrogen) atoms. The lowest BCUT2D eigenvalue weighted by molar-refractivity contribution is -0.892. The molecule has 9 heteroatoms. The molecule has 0 bridgehead atoms. The number of nitrogens with one attached hydrogen (secondary N) is 2. The van der Waals surface area contributed by atoms with E-state index in [1.54, 1.807) is 30.3 Å². The predicted molar refractivity (Wildman–Crippen MR) is 106 cm³/mol. The van der Waals surface area contributed by atoms with Gasteiger partial charge in [-0.05, 0) is 30.3 Å². The molecule has 1 amide bonds. The molecular formula is C18H19Cl2N4O3+. The zero-order valence-electron chi connectivity index (χ0n) is 14.5. The van der Waals surface area contributed by atoms with Gasteiger partial charge in [0.1, 0.15) is 0 Å². The lowest BCUT2D eigenvalue weighted by Gasteiger charge is -2.33. The van der Waals surface area contributed by atoms with Gasteiger partial charge in [-0.2, -0.15) is 0 Å². The van der Waals surface area contributed by atoms with Crippen LogP contribution in [-0.4, -0.2) is 43.6 Å². The Morgan fingerprint density at radius 1 is 1.11 bits per heavy atom. The second-order valence-corrected chi connectivity index (χ2v) is 7.27. The van der Waals surface area contributed by atoms with E-state index < -0.39 is 4.92 Å². The number of quaternary nitrogens is 1. The molecule has 142 valence electrons. The highest BCUT2D eigenvalue weighted by atomic mass is 35.5. The third-order valence-electron chi connectivity index (χ3n) is 4.45. The van der Waals surface area contributed by atoms with Crippen molar-refractivity contribution in [1.29, 1.82) is 0 Å². The van der Waals surface area contributed by atoms with Crippen LogP contribution < -0.4 is 15.1 Å². The largest absolute Gasteiger partial charge is 0.360 e. The molecule has 1 heterocycles. The molecule has 0 radical (unpaired) electrons. The Hall–Kier alpha value is -2.35. The monoisotopic (exact) mass is 409 g/mol. The number of hydrogen-bond acceptors (Lipinski definition) is 4. The Labute approximate surface area is 166 Å². The average Bonchev–Trinajstić information content (AvgIpc) is 2.61. The fourth-order valence-electron chi connectivity index (χ4n) is 3.10. The maximum Gasteiger partial charge on any atom is 0.279 e. The van der Waals surface area contributed by atoms with E-state index in [1.165, 1.54) is 17.0 Å². The maximum atomic E-state index is 12.3. The van der Waals surface area contributed by atoms with Gasteiger partial charge in [-0.3, -0.25) is 14.9 Å². The average molecular weight is 410 g/mol. The summed E-state index contributed by atoms with van der Waals surface area (Å²) in [6.07, 6.45) is 0. The molecule has 0 aliphatic carbocycles. The van der Waals surface area contributed by atoms with Crippen LogP contribution in [0.4, 0.5) is 17.1 Å². The number of carbonyl (C=O) groups excluding carboxylic acids is 1. The molecule has 0 unspecified atom stereocenters. The number of amides is 1. The van der Waals surface area contributed by atoms with Crippen LogP contribution >= 0.6 is 23.2 Å². The highest BCUT2D eigenvalue weighted by Crippen LogP contribution is 2.22. The number of hydrogen-bond donors (Lipinski definition) is 2. The zero-order valence-corrected chi connectivity index (χ0v) is 16.0. The van der Waals surface area contributed by atoms with Crippen molar-refractivity contribution < 1.29 is 14.6 Å². The number of benzene rings is 2. The number of non-ortho nitro benzene ring substituents is 1. The summed E-state index contributed by atoms with van der Waals surface area (Å²) in [5, 5.41) is 14.5.